The Balaban J connectivity index is 2.99. The van der Waals surface area contributed by atoms with Gasteiger partial charge >= 0.3 is 0 Å². The highest BCUT2D eigenvalue weighted by Crippen LogP contribution is 2.41. The van der Waals surface area contributed by atoms with E-state index >= 15 is 0 Å². The summed E-state index contributed by atoms with van der Waals surface area (Å²) in [5.41, 5.74) is 0. The van der Waals surface area contributed by atoms with Crippen LogP contribution in [0.2, 0.25) is 0 Å². The number of rotatable bonds is 18. The highest BCUT2D eigenvalue weighted by Gasteiger charge is 2.46. The van der Waals surface area contributed by atoms with Crippen molar-refractivity contribution in [2.75, 3.05) is 19.8 Å². The van der Waals surface area contributed by atoms with E-state index in [1.807, 2.05) is 0 Å². The molecule has 3 heteroatoms. The summed E-state index contributed by atoms with van der Waals surface area (Å²) < 4.78 is 19.6. The zero-order chi connectivity index (χ0) is 21.9. The van der Waals surface area contributed by atoms with E-state index in [0.29, 0.717) is 31.7 Å². The third-order valence-corrected chi connectivity index (χ3v) is 6.56. The van der Waals surface area contributed by atoms with E-state index in [1.54, 1.807) is 0 Å². The van der Waals surface area contributed by atoms with Crippen LogP contribution in [0.1, 0.15) is 137 Å². The first-order valence-corrected chi connectivity index (χ1v) is 13.7. The summed E-state index contributed by atoms with van der Waals surface area (Å²) in [5, 5.41) is 0. The lowest BCUT2D eigenvalue weighted by atomic mass is 9.77. The molecule has 0 spiro atoms. The molecule has 0 N–H and O–H groups in total. The normalized spacial score (nSPS) is 17.6. The van der Waals surface area contributed by atoms with E-state index in [4.69, 9.17) is 14.2 Å². The largest absolute Gasteiger partial charge is 0.327 e. The van der Waals surface area contributed by atoms with Crippen LogP contribution in [0.15, 0.2) is 0 Å². The zero-order valence-corrected chi connectivity index (χ0v) is 21.0. The molecule has 0 heterocycles. The number of ether oxygens (including phenoxy) is 3. The van der Waals surface area contributed by atoms with Crippen LogP contribution < -0.4 is 0 Å². The number of hydrogen-bond donors (Lipinski definition) is 0. The van der Waals surface area contributed by atoms with E-state index in [2.05, 4.69) is 27.7 Å². The van der Waals surface area contributed by atoms with E-state index in [1.165, 1.54) is 89.9 Å². The van der Waals surface area contributed by atoms with Gasteiger partial charge in [-0.2, -0.15) is 0 Å². The summed E-state index contributed by atoms with van der Waals surface area (Å²) in [4.78, 5) is 0. The van der Waals surface area contributed by atoms with Gasteiger partial charge in [0.05, 0.1) is 19.8 Å². The molecule has 30 heavy (non-hydrogen) atoms. The predicted molar refractivity (Wildman–Crippen MR) is 129 cm³/mol. The van der Waals surface area contributed by atoms with Gasteiger partial charge in [0.15, 0.2) is 0 Å². The summed E-state index contributed by atoms with van der Waals surface area (Å²) in [6.45, 7) is 11.0. The van der Waals surface area contributed by atoms with Crippen LogP contribution in [-0.4, -0.2) is 25.8 Å². The molecule has 0 amide bonds. The average Bonchev–Trinajstić information content (AvgIpc) is 2.74. The molecule has 0 aromatic rings. The lowest BCUT2D eigenvalue weighted by Crippen LogP contribution is -2.50. The van der Waals surface area contributed by atoms with E-state index < -0.39 is 5.97 Å². The monoisotopic (exact) mass is 426 g/mol. The van der Waals surface area contributed by atoms with Crippen LogP contribution in [0.25, 0.3) is 0 Å². The topological polar surface area (TPSA) is 27.7 Å². The highest BCUT2D eigenvalue weighted by atomic mass is 16.9. The van der Waals surface area contributed by atoms with Crippen molar-refractivity contribution < 1.29 is 14.2 Å². The summed E-state index contributed by atoms with van der Waals surface area (Å²) in [7, 11) is 0. The van der Waals surface area contributed by atoms with Crippen LogP contribution in [0.4, 0.5) is 0 Å². The first-order valence-electron chi connectivity index (χ1n) is 13.7. The van der Waals surface area contributed by atoms with Crippen LogP contribution >= 0.6 is 0 Å². The fourth-order valence-electron chi connectivity index (χ4n) is 4.91. The Morgan fingerprint density at radius 3 is 1.57 bits per heavy atom. The molecule has 0 aliphatic heterocycles. The summed E-state index contributed by atoms with van der Waals surface area (Å²) in [5.74, 6) is 0.174. The third kappa shape index (κ3) is 11.0. The van der Waals surface area contributed by atoms with E-state index in [9.17, 15) is 0 Å². The Hall–Kier alpha value is -0.120. The molecule has 0 radical (unpaired) electrons. The molecule has 180 valence electrons. The first-order chi connectivity index (χ1) is 14.7. The molecule has 0 bridgehead atoms. The molecular weight excluding hydrogens is 372 g/mol. The SMILES string of the molecule is CCCCCCCCC(C1CCCCCCC1)C(OCCC)(OCCC)OCCC. The van der Waals surface area contributed by atoms with Crippen molar-refractivity contribution in [2.24, 2.45) is 11.8 Å². The van der Waals surface area contributed by atoms with Gasteiger partial charge in [-0.15, -0.1) is 0 Å². The third-order valence-electron chi connectivity index (χ3n) is 6.56. The zero-order valence-electron chi connectivity index (χ0n) is 21.0. The Morgan fingerprint density at radius 1 is 0.600 bits per heavy atom. The predicted octanol–water partition coefficient (Wildman–Crippen LogP) is 8.65. The Labute approximate surface area is 189 Å². The highest BCUT2D eigenvalue weighted by molar-refractivity contribution is 4.81. The fourth-order valence-corrected chi connectivity index (χ4v) is 4.91. The molecule has 1 aliphatic rings. The maximum absolute atomic E-state index is 6.52. The van der Waals surface area contributed by atoms with Gasteiger partial charge in [0.1, 0.15) is 0 Å². The molecule has 1 rings (SSSR count). The number of unbranched alkanes of at least 4 members (excludes halogenated alkanes) is 5. The second kappa shape index (κ2) is 18.5. The molecule has 1 saturated carbocycles. The van der Waals surface area contributed by atoms with Gasteiger partial charge in [-0.05, 0) is 44.4 Å². The minimum absolute atomic E-state index is 0.353. The quantitative estimate of drug-likeness (QED) is 0.162. The van der Waals surface area contributed by atoms with Crippen molar-refractivity contribution in [3.05, 3.63) is 0 Å². The Morgan fingerprint density at radius 2 is 1.07 bits per heavy atom. The average molecular weight is 427 g/mol. The van der Waals surface area contributed by atoms with Gasteiger partial charge < -0.3 is 14.2 Å². The maximum atomic E-state index is 6.52. The second-order valence-corrected chi connectivity index (χ2v) is 9.42. The van der Waals surface area contributed by atoms with Crippen LogP contribution in [0.5, 0.6) is 0 Å². The van der Waals surface area contributed by atoms with E-state index in [0.717, 1.165) is 19.3 Å². The van der Waals surface area contributed by atoms with Gasteiger partial charge in [-0.1, -0.05) is 98.3 Å². The van der Waals surface area contributed by atoms with Gasteiger partial charge in [-0.25, -0.2) is 0 Å². The van der Waals surface area contributed by atoms with Crippen molar-refractivity contribution in [1.82, 2.24) is 0 Å². The molecular formula is C27H54O3. The van der Waals surface area contributed by atoms with Crippen LogP contribution in [0, 0.1) is 11.8 Å². The Bertz CT molecular complexity index is 341. The van der Waals surface area contributed by atoms with Crippen molar-refractivity contribution in [3.63, 3.8) is 0 Å². The molecule has 1 atom stereocenters. The van der Waals surface area contributed by atoms with Crippen molar-refractivity contribution in [2.45, 2.75) is 143 Å². The lowest BCUT2D eigenvalue weighted by Gasteiger charge is -2.44. The molecule has 1 unspecified atom stereocenters. The molecule has 3 nitrogen and oxygen atoms in total. The van der Waals surface area contributed by atoms with Gasteiger partial charge in [-0.3, -0.25) is 0 Å². The molecule has 0 aromatic carbocycles. The summed E-state index contributed by atoms with van der Waals surface area (Å²) in [6, 6.07) is 0. The maximum Gasteiger partial charge on any atom is 0.286 e. The van der Waals surface area contributed by atoms with Crippen LogP contribution in [0.3, 0.4) is 0 Å². The molecule has 0 aromatic heterocycles. The minimum atomic E-state index is -0.838. The number of hydrogen-bond acceptors (Lipinski definition) is 3. The Kier molecular flexibility index (Phi) is 17.2. The molecule has 1 fully saturated rings. The van der Waals surface area contributed by atoms with Gasteiger partial charge in [0.25, 0.3) is 5.97 Å². The summed E-state index contributed by atoms with van der Waals surface area (Å²) >= 11 is 0. The van der Waals surface area contributed by atoms with Crippen LogP contribution in [-0.2, 0) is 14.2 Å². The smallest absolute Gasteiger partial charge is 0.286 e. The van der Waals surface area contributed by atoms with Gasteiger partial charge in [0, 0.05) is 5.92 Å². The first kappa shape index (κ1) is 27.9. The molecule has 1 aliphatic carbocycles. The minimum Gasteiger partial charge on any atom is -0.327 e. The van der Waals surface area contributed by atoms with Crippen molar-refractivity contribution in [3.8, 4) is 0 Å². The molecule has 0 saturated heterocycles. The second-order valence-electron chi connectivity index (χ2n) is 9.42. The van der Waals surface area contributed by atoms with Gasteiger partial charge in [0.2, 0.25) is 0 Å². The van der Waals surface area contributed by atoms with Crippen molar-refractivity contribution >= 4 is 0 Å². The standard InChI is InChI=1S/C27H54O3/c1-5-9-10-11-15-18-21-26(25-19-16-13-12-14-17-20-25)27(28-22-6-2,29-23-7-3)30-24-8-4/h25-26H,5-24H2,1-4H3. The summed E-state index contributed by atoms with van der Waals surface area (Å²) in [6.07, 6.45) is 21.7. The van der Waals surface area contributed by atoms with E-state index in [-0.39, 0.29) is 0 Å². The fraction of sp³-hybridized carbons (Fsp3) is 1.00. The van der Waals surface area contributed by atoms with Crippen molar-refractivity contribution in [1.29, 1.82) is 0 Å². The lowest BCUT2D eigenvalue weighted by molar-refractivity contribution is -0.412.